The molecule has 0 rings (SSSR count). The average molecular weight is 147 g/mol. The molecule has 0 heterocycles. The number of rotatable bonds is 2. The van der Waals surface area contributed by atoms with Crippen LogP contribution >= 0.6 is 0 Å². The summed E-state index contributed by atoms with van der Waals surface area (Å²) in [5.74, 6) is 0. The summed E-state index contributed by atoms with van der Waals surface area (Å²) in [4.78, 5) is 0. The number of hydrogen-bond donors (Lipinski definition) is 1. The molecule has 0 aliphatic rings. The Morgan fingerprint density at radius 3 is 1.90 bits per heavy atom. The van der Waals surface area contributed by atoms with Gasteiger partial charge in [0, 0.05) is 6.04 Å². The topological polar surface area (TPSA) is 26.0 Å². The lowest BCUT2D eigenvalue weighted by Gasteiger charge is -2.24. The van der Waals surface area contributed by atoms with Crippen LogP contribution in [0, 0.1) is 5.41 Å². The third-order valence-electron chi connectivity index (χ3n) is 1.52. The molecule has 2 unspecified atom stereocenters. The molecule has 0 aromatic rings. The van der Waals surface area contributed by atoms with Crippen molar-refractivity contribution in [2.24, 2.45) is 11.1 Å². The van der Waals surface area contributed by atoms with Crippen molar-refractivity contribution in [2.75, 3.05) is 0 Å². The Labute approximate surface area is 62.8 Å². The maximum atomic E-state index is 13.1. The van der Waals surface area contributed by atoms with Crippen LogP contribution in [0.25, 0.3) is 0 Å². The predicted molar refractivity (Wildman–Crippen MR) is 42.6 cm³/mol. The minimum atomic E-state index is -0.785. The van der Waals surface area contributed by atoms with E-state index < -0.39 is 6.17 Å². The smallest absolute Gasteiger partial charge is 0.106 e. The van der Waals surface area contributed by atoms with Crippen LogP contribution in [0.3, 0.4) is 0 Å². The van der Waals surface area contributed by atoms with Crippen molar-refractivity contribution in [3.63, 3.8) is 0 Å². The molecule has 1 nitrogen and oxygen atoms in total. The molecule has 0 fully saturated rings. The SMILES string of the molecule is CC(N)CC(F)C(C)(C)C. The Bertz CT molecular complexity index is 93.9. The lowest BCUT2D eigenvalue weighted by atomic mass is 9.87. The van der Waals surface area contributed by atoms with Crippen molar-refractivity contribution < 1.29 is 4.39 Å². The van der Waals surface area contributed by atoms with Crippen LogP contribution in [0.1, 0.15) is 34.1 Å². The second-order valence-electron chi connectivity index (χ2n) is 4.05. The fraction of sp³-hybridized carbons (Fsp3) is 1.00. The van der Waals surface area contributed by atoms with Gasteiger partial charge in [-0.2, -0.15) is 0 Å². The van der Waals surface area contributed by atoms with Gasteiger partial charge in [0.15, 0.2) is 0 Å². The van der Waals surface area contributed by atoms with Gasteiger partial charge in [-0.1, -0.05) is 20.8 Å². The van der Waals surface area contributed by atoms with Crippen molar-refractivity contribution in [3.05, 3.63) is 0 Å². The summed E-state index contributed by atoms with van der Waals surface area (Å²) in [7, 11) is 0. The van der Waals surface area contributed by atoms with E-state index in [9.17, 15) is 4.39 Å². The molecule has 2 heteroatoms. The van der Waals surface area contributed by atoms with Gasteiger partial charge in [-0.15, -0.1) is 0 Å². The minimum Gasteiger partial charge on any atom is -0.328 e. The molecule has 2 atom stereocenters. The van der Waals surface area contributed by atoms with Crippen molar-refractivity contribution in [2.45, 2.75) is 46.3 Å². The first-order chi connectivity index (χ1) is 4.34. The van der Waals surface area contributed by atoms with Crippen LogP contribution in [0.5, 0.6) is 0 Å². The Kier molecular flexibility index (Phi) is 3.29. The van der Waals surface area contributed by atoms with Crippen LogP contribution in [0.15, 0.2) is 0 Å². The van der Waals surface area contributed by atoms with Crippen LogP contribution in [0.2, 0.25) is 0 Å². The molecule has 0 bridgehead atoms. The van der Waals surface area contributed by atoms with E-state index in [1.807, 2.05) is 27.7 Å². The maximum absolute atomic E-state index is 13.1. The lowest BCUT2D eigenvalue weighted by Crippen LogP contribution is -2.29. The quantitative estimate of drug-likeness (QED) is 0.636. The standard InChI is InChI=1S/C8H18FN/c1-6(10)5-7(9)8(2,3)4/h6-7H,5,10H2,1-4H3. The van der Waals surface area contributed by atoms with Gasteiger partial charge in [-0.05, 0) is 18.8 Å². The van der Waals surface area contributed by atoms with Gasteiger partial charge in [0.25, 0.3) is 0 Å². The third kappa shape index (κ3) is 3.83. The molecule has 62 valence electrons. The highest BCUT2D eigenvalue weighted by atomic mass is 19.1. The van der Waals surface area contributed by atoms with E-state index in [1.54, 1.807) is 0 Å². The van der Waals surface area contributed by atoms with Gasteiger partial charge < -0.3 is 5.73 Å². The minimum absolute atomic E-state index is 0.0331. The van der Waals surface area contributed by atoms with E-state index in [1.165, 1.54) is 0 Å². The molecule has 0 aromatic carbocycles. The molecule has 0 radical (unpaired) electrons. The second-order valence-corrected chi connectivity index (χ2v) is 4.05. The number of hydrogen-bond acceptors (Lipinski definition) is 1. The molecular formula is C8H18FN. The number of nitrogens with two attached hydrogens (primary N) is 1. The first-order valence-corrected chi connectivity index (χ1v) is 3.73. The molecular weight excluding hydrogens is 129 g/mol. The Morgan fingerprint density at radius 1 is 1.40 bits per heavy atom. The first-order valence-electron chi connectivity index (χ1n) is 3.73. The second kappa shape index (κ2) is 3.33. The molecule has 2 N–H and O–H groups in total. The van der Waals surface area contributed by atoms with E-state index in [-0.39, 0.29) is 11.5 Å². The summed E-state index contributed by atoms with van der Waals surface area (Å²) in [5, 5.41) is 0. The van der Waals surface area contributed by atoms with E-state index in [0.29, 0.717) is 6.42 Å². The normalized spacial score (nSPS) is 18.6. The highest BCUT2D eigenvalue weighted by Crippen LogP contribution is 2.25. The van der Waals surface area contributed by atoms with Gasteiger partial charge in [0.1, 0.15) is 6.17 Å². The summed E-state index contributed by atoms with van der Waals surface area (Å²) >= 11 is 0. The molecule has 0 saturated carbocycles. The van der Waals surface area contributed by atoms with Gasteiger partial charge in [-0.3, -0.25) is 0 Å². The third-order valence-corrected chi connectivity index (χ3v) is 1.52. The molecule has 0 aliphatic carbocycles. The molecule has 0 aromatic heterocycles. The largest absolute Gasteiger partial charge is 0.328 e. The molecule has 0 spiro atoms. The monoisotopic (exact) mass is 147 g/mol. The highest BCUT2D eigenvalue weighted by Gasteiger charge is 2.24. The molecule has 0 saturated heterocycles. The van der Waals surface area contributed by atoms with E-state index in [0.717, 1.165) is 0 Å². The van der Waals surface area contributed by atoms with E-state index in [4.69, 9.17) is 5.73 Å². The summed E-state index contributed by atoms with van der Waals surface area (Å²) < 4.78 is 13.1. The molecule has 0 aliphatic heterocycles. The first kappa shape index (κ1) is 9.89. The fourth-order valence-corrected chi connectivity index (χ4v) is 0.680. The molecule has 10 heavy (non-hydrogen) atoms. The van der Waals surface area contributed by atoms with Crippen molar-refractivity contribution in [1.82, 2.24) is 0 Å². The zero-order valence-corrected chi connectivity index (χ0v) is 7.32. The predicted octanol–water partition coefficient (Wildman–Crippen LogP) is 2.11. The van der Waals surface area contributed by atoms with Crippen LogP contribution in [-0.4, -0.2) is 12.2 Å². The lowest BCUT2D eigenvalue weighted by molar-refractivity contribution is 0.145. The molecule has 0 amide bonds. The Balaban J connectivity index is 3.73. The van der Waals surface area contributed by atoms with Crippen molar-refractivity contribution in [3.8, 4) is 0 Å². The maximum Gasteiger partial charge on any atom is 0.106 e. The van der Waals surface area contributed by atoms with Crippen molar-refractivity contribution in [1.29, 1.82) is 0 Å². The van der Waals surface area contributed by atoms with Crippen LogP contribution < -0.4 is 5.73 Å². The van der Waals surface area contributed by atoms with Crippen LogP contribution in [0.4, 0.5) is 4.39 Å². The van der Waals surface area contributed by atoms with Gasteiger partial charge in [0.2, 0.25) is 0 Å². The van der Waals surface area contributed by atoms with Crippen molar-refractivity contribution >= 4 is 0 Å². The van der Waals surface area contributed by atoms with Crippen LogP contribution in [-0.2, 0) is 0 Å². The fourth-order valence-electron chi connectivity index (χ4n) is 0.680. The Morgan fingerprint density at radius 2 is 1.80 bits per heavy atom. The average Bonchev–Trinajstić information content (AvgIpc) is 1.60. The number of halogens is 1. The number of alkyl halides is 1. The summed E-state index contributed by atoms with van der Waals surface area (Å²) in [6.45, 7) is 7.50. The van der Waals surface area contributed by atoms with Gasteiger partial charge >= 0.3 is 0 Å². The summed E-state index contributed by atoms with van der Waals surface area (Å²) in [6, 6.07) is -0.0331. The van der Waals surface area contributed by atoms with Gasteiger partial charge in [0.05, 0.1) is 0 Å². The van der Waals surface area contributed by atoms with Gasteiger partial charge in [-0.25, -0.2) is 4.39 Å². The zero-order valence-electron chi connectivity index (χ0n) is 7.32. The zero-order chi connectivity index (χ0) is 8.36. The summed E-state index contributed by atoms with van der Waals surface area (Å²) in [5.41, 5.74) is 5.19. The summed E-state index contributed by atoms with van der Waals surface area (Å²) in [6.07, 6.45) is -0.323. The highest BCUT2D eigenvalue weighted by molar-refractivity contribution is 4.75. The van der Waals surface area contributed by atoms with E-state index in [2.05, 4.69) is 0 Å². The van der Waals surface area contributed by atoms with E-state index >= 15 is 0 Å². The Hall–Kier alpha value is -0.110.